The Bertz CT molecular complexity index is 1040. The highest BCUT2D eigenvalue weighted by molar-refractivity contribution is 7.99. The Morgan fingerprint density at radius 2 is 1.96 bits per heavy atom. The quantitative estimate of drug-likeness (QED) is 0.451. The molecule has 1 amide bonds. The third-order valence-corrected chi connectivity index (χ3v) is 5.46. The van der Waals surface area contributed by atoms with Crippen molar-refractivity contribution in [1.82, 2.24) is 15.0 Å². The van der Waals surface area contributed by atoms with Crippen LogP contribution in [-0.4, -0.2) is 26.6 Å². The number of imidazole rings is 1. The molecule has 0 radical (unpaired) electrons. The second-order valence-corrected chi connectivity index (χ2v) is 7.69. The molecular weight excluding hydrogens is 383 g/mol. The molecule has 0 saturated carbocycles. The number of amides is 1. The molecule has 2 heterocycles. The molecule has 4 aromatic rings. The first-order chi connectivity index (χ1) is 13.2. The number of rotatable bonds is 6. The van der Waals surface area contributed by atoms with Crippen LogP contribution in [0.2, 0.25) is 0 Å². The number of thioether (sulfide) groups is 1. The van der Waals surface area contributed by atoms with E-state index in [0.717, 1.165) is 21.8 Å². The minimum absolute atomic E-state index is 0.0985. The topological polar surface area (TPSA) is 70.7 Å². The van der Waals surface area contributed by atoms with Crippen LogP contribution < -0.4 is 5.32 Å². The van der Waals surface area contributed by atoms with Crippen LogP contribution in [0.3, 0.4) is 0 Å². The molecule has 0 aliphatic rings. The van der Waals surface area contributed by atoms with E-state index in [1.54, 1.807) is 12.1 Å². The fourth-order valence-corrected chi connectivity index (χ4v) is 4.07. The van der Waals surface area contributed by atoms with Gasteiger partial charge in [0.25, 0.3) is 0 Å². The fourth-order valence-electron chi connectivity index (χ4n) is 2.50. The molecule has 0 spiro atoms. The number of hydrogen-bond acceptors (Lipinski definition) is 5. The second kappa shape index (κ2) is 7.89. The number of carbonyl (C=O) groups excluding carboxylic acids is 1. The van der Waals surface area contributed by atoms with Gasteiger partial charge < -0.3 is 10.3 Å². The first-order valence-electron chi connectivity index (χ1n) is 8.26. The zero-order valence-electron chi connectivity index (χ0n) is 14.1. The van der Waals surface area contributed by atoms with Crippen molar-refractivity contribution in [2.24, 2.45) is 0 Å². The zero-order valence-corrected chi connectivity index (χ0v) is 15.7. The third kappa shape index (κ3) is 4.35. The van der Waals surface area contributed by atoms with E-state index in [9.17, 15) is 9.18 Å². The average molecular weight is 398 g/mol. The minimum atomic E-state index is -0.288. The number of aromatic amines is 1. The summed E-state index contributed by atoms with van der Waals surface area (Å²) in [6.45, 7) is 0. The number of nitrogens with zero attached hydrogens (tertiary/aromatic N) is 2. The highest BCUT2D eigenvalue weighted by Gasteiger charge is 2.09. The molecule has 2 aromatic carbocycles. The monoisotopic (exact) mass is 398 g/mol. The molecule has 8 heteroatoms. The van der Waals surface area contributed by atoms with Crippen molar-refractivity contribution >= 4 is 45.2 Å². The maximum absolute atomic E-state index is 13.0. The standard InChI is InChI=1S/C19H15FN4OS2/c20-13-7-5-12(6-8-13)16-11-27-19(23-16)24-17(25)9-10-26-18-21-14-3-1-2-4-15(14)22-18/h1-8,11H,9-10H2,(H,21,22)(H,23,24,25). The fraction of sp³-hybridized carbons (Fsp3) is 0.105. The van der Waals surface area contributed by atoms with Gasteiger partial charge in [-0.15, -0.1) is 11.3 Å². The van der Waals surface area contributed by atoms with Crippen LogP contribution in [0.15, 0.2) is 59.1 Å². The number of H-pyrrole nitrogens is 1. The molecule has 0 aliphatic carbocycles. The molecule has 4 rings (SSSR count). The van der Waals surface area contributed by atoms with Crippen molar-refractivity contribution < 1.29 is 9.18 Å². The normalized spacial score (nSPS) is 11.0. The summed E-state index contributed by atoms with van der Waals surface area (Å²) >= 11 is 2.86. The minimum Gasteiger partial charge on any atom is -0.333 e. The largest absolute Gasteiger partial charge is 0.333 e. The molecule has 0 bridgehead atoms. The van der Waals surface area contributed by atoms with Gasteiger partial charge in [-0.3, -0.25) is 4.79 Å². The SMILES string of the molecule is O=C(CCSc1nc2ccccc2[nH]1)Nc1nc(-c2ccc(F)cc2)cs1. The van der Waals surface area contributed by atoms with Crippen LogP contribution in [0.4, 0.5) is 9.52 Å². The van der Waals surface area contributed by atoms with Gasteiger partial charge in [0.15, 0.2) is 10.3 Å². The third-order valence-electron chi connectivity index (χ3n) is 3.83. The lowest BCUT2D eigenvalue weighted by molar-refractivity contribution is -0.115. The highest BCUT2D eigenvalue weighted by Crippen LogP contribution is 2.25. The van der Waals surface area contributed by atoms with Gasteiger partial charge >= 0.3 is 0 Å². The van der Waals surface area contributed by atoms with E-state index >= 15 is 0 Å². The van der Waals surface area contributed by atoms with E-state index in [1.807, 2.05) is 29.6 Å². The van der Waals surface area contributed by atoms with Gasteiger partial charge in [0.2, 0.25) is 5.91 Å². The van der Waals surface area contributed by atoms with Gasteiger partial charge in [0.1, 0.15) is 5.82 Å². The molecule has 2 aromatic heterocycles. The Balaban J connectivity index is 1.30. The molecule has 27 heavy (non-hydrogen) atoms. The van der Waals surface area contributed by atoms with E-state index in [4.69, 9.17) is 0 Å². The lowest BCUT2D eigenvalue weighted by Crippen LogP contribution is -2.11. The molecule has 136 valence electrons. The number of carbonyl (C=O) groups is 1. The predicted octanol–water partition coefficient (Wildman–Crippen LogP) is 4.95. The number of fused-ring (bicyclic) bond motifs is 1. The summed E-state index contributed by atoms with van der Waals surface area (Å²) in [5, 5.41) is 5.98. The summed E-state index contributed by atoms with van der Waals surface area (Å²) in [4.78, 5) is 24.2. The second-order valence-electron chi connectivity index (χ2n) is 5.75. The summed E-state index contributed by atoms with van der Waals surface area (Å²) in [6, 6.07) is 13.9. The Kier molecular flexibility index (Phi) is 5.17. The lowest BCUT2D eigenvalue weighted by atomic mass is 10.2. The first-order valence-corrected chi connectivity index (χ1v) is 10.1. The lowest BCUT2D eigenvalue weighted by Gasteiger charge is -2.01. The van der Waals surface area contributed by atoms with E-state index in [-0.39, 0.29) is 11.7 Å². The van der Waals surface area contributed by atoms with E-state index in [2.05, 4.69) is 20.3 Å². The first kappa shape index (κ1) is 17.7. The summed E-state index contributed by atoms with van der Waals surface area (Å²) in [5.41, 5.74) is 3.43. The number of aromatic nitrogens is 3. The van der Waals surface area contributed by atoms with Crippen molar-refractivity contribution in [3.05, 3.63) is 59.7 Å². The molecule has 0 fully saturated rings. The maximum Gasteiger partial charge on any atom is 0.226 e. The van der Waals surface area contributed by atoms with E-state index in [1.165, 1.54) is 35.2 Å². The number of nitrogens with one attached hydrogen (secondary N) is 2. The van der Waals surface area contributed by atoms with E-state index in [0.29, 0.717) is 23.0 Å². The number of halogens is 1. The Morgan fingerprint density at radius 1 is 1.15 bits per heavy atom. The summed E-state index contributed by atoms with van der Waals surface area (Å²) in [7, 11) is 0. The summed E-state index contributed by atoms with van der Waals surface area (Å²) in [5.74, 6) is 0.227. The molecular formula is C19H15FN4OS2. The number of para-hydroxylation sites is 2. The molecule has 0 unspecified atom stereocenters. The Labute approximate surface area is 163 Å². The average Bonchev–Trinajstić information content (AvgIpc) is 3.29. The van der Waals surface area contributed by atoms with Crippen molar-refractivity contribution in [3.8, 4) is 11.3 Å². The van der Waals surface area contributed by atoms with E-state index < -0.39 is 0 Å². The van der Waals surface area contributed by atoms with Crippen LogP contribution in [0, 0.1) is 5.82 Å². The van der Waals surface area contributed by atoms with Crippen molar-refractivity contribution in [2.45, 2.75) is 11.6 Å². The van der Waals surface area contributed by atoms with Gasteiger partial charge in [-0.1, -0.05) is 23.9 Å². The van der Waals surface area contributed by atoms with Gasteiger partial charge in [-0.2, -0.15) is 0 Å². The zero-order chi connectivity index (χ0) is 18.6. The highest BCUT2D eigenvalue weighted by atomic mass is 32.2. The molecule has 0 saturated heterocycles. The van der Waals surface area contributed by atoms with Gasteiger partial charge in [0, 0.05) is 23.1 Å². The van der Waals surface area contributed by atoms with Gasteiger partial charge in [-0.25, -0.2) is 14.4 Å². The number of benzene rings is 2. The van der Waals surface area contributed by atoms with Crippen LogP contribution >= 0.6 is 23.1 Å². The Morgan fingerprint density at radius 3 is 2.78 bits per heavy atom. The predicted molar refractivity (Wildman–Crippen MR) is 108 cm³/mol. The number of thiazole rings is 1. The van der Waals surface area contributed by atoms with Crippen molar-refractivity contribution in [2.75, 3.05) is 11.1 Å². The van der Waals surface area contributed by atoms with Crippen LogP contribution in [-0.2, 0) is 4.79 Å². The molecule has 2 N–H and O–H groups in total. The molecule has 5 nitrogen and oxygen atoms in total. The van der Waals surface area contributed by atoms with Crippen LogP contribution in [0.5, 0.6) is 0 Å². The van der Waals surface area contributed by atoms with Crippen LogP contribution in [0.1, 0.15) is 6.42 Å². The van der Waals surface area contributed by atoms with Crippen molar-refractivity contribution in [3.63, 3.8) is 0 Å². The maximum atomic E-state index is 13.0. The van der Waals surface area contributed by atoms with Crippen molar-refractivity contribution in [1.29, 1.82) is 0 Å². The number of anilines is 1. The Hall–Kier alpha value is -2.71. The van der Waals surface area contributed by atoms with Crippen LogP contribution in [0.25, 0.3) is 22.3 Å². The molecule has 0 atom stereocenters. The summed E-state index contributed by atoms with van der Waals surface area (Å²) < 4.78 is 13.0. The van der Waals surface area contributed by atoms with Gasteiger partial charge in [-0.05, 0) is 36.4 Å². The molecule has 0 aliphatic heterocycles. The summed E-state index contributed by atoms with van der Waals surface area (Å²) in [6.07, 6.45) is 0.354. The van der Waals surface area contributed by atoms with Gasteiger partial charge in [0.05, 0.1) is 16.7 Å². The smallest absolute Gasteiger partial charge is 0.226 e. The number of hydrogen-bond donors (Lipinski definition) is 2.